The molecule has 0 spiro atoms. The van der Waals surface area contributed by atoms with Crippen molar-refractivity contribution in [3.8, 4) is 0 Å². The number of hydrogen-bond donors (Lipinski definition) is 2. The van der Waals surface area contributed by atoms with Crippen molar-refractivity contribution in [3.63, 3.8) is 0 Å². The van der Waals surface area contributed by atoms with Crippen molar-refractivity contribution in [3.05, 3.63) is 76.1 Å². The summed E-state index contributed by atoms with van der Waals surface area (Å²) in [6.07, 6.45) is 13.7. The van der Waals surface area contributed by atoms with Crippen LogP contribution in [0, 0.1) is 5.92 Å². The molecular weight excluding hydrogens is 560 g/mol. The number of allylic oxidation sites excluding steroid dienone is 5. The molecule has 1 aliphatic carbocycles. The molecule has 8 nitrogen and oxygen atoms in total. The normalized spacial score (nSPS) is 19.5. The largest absolute Gasteiger partial charge is 0.493 e. The topological polar surface area (TPSA) is 96.6 Å². The second-order valence-electron chi connectivity index (χ2n) is 11.5. The zero-order valence-corrected chi connectivity index (χ0v) is 28.6. The van der Waals surface area contributed by atoms with Crippen molar-refractivity contribution >= 4 is 23.3 Å². The Kier molecular flexibility index (Phi) is 14.5. The van der Waals surface area contributed by atoms with Crippen LogP contribution in [-0.4, -0.2) is 78.4 Å². The predicted molar refractivity (Wildman–Crippen MR) is 180 cm³/mol. The number of carbonyl (C=O) groups is 1. The number of amides is 1. The van der Waals surface area contributed by atoms with Crippen molar-refractivity contribution in [2.45, 2.75) is 78.1 Å². The van der Waals surface area contributed by atoms with Gasteiger partial charge in [-0.1, -0.05) is 45.4 Å². The van der Waals surface area contributed by atoms with Crippen molar-refractivity contribution in [1.82, 2.24) is 19.8 Å². The Morgan fingerprint density at radius 2 is 1.88 bits per heavy atom. The summed E-state index contributed by atoms with van der Waals surface area (Å²) in [6.45, 7) is 13.7. The van der Waals surface area contributed by atoms with E-state index in [1.54, 1.807) is 43.7 Å². The first-order chi connectivity index (χ1) is 20.4. The highest BCUT2D eigenvalue weighted by molar-refractivity contribution is 6.22. The number of nitrogens with one attached hydrogen (secondary N) is 1. The van der Waals surface area contributed by atoms with Crippen LogP contribution in [0.4, 0.5) is 5.82 Å². The average Bonchev–Trinajstić information content (AvgIpc) is 2.97. The SMILES string of the molecule is C\C=C(/C=C\C(=C/N)C1=C(OCC)C(C(C)Nc2ncnc(CC)c2C(CCC)CN(C)C)=CC(Cl)C1C)C(=O)N(C)C. The summed E-state index contributed by atoms with van der Waals surface area (Å²) in [7, 11) is 7.68. The third-order valence-electron chi connectivity index (χ3n) is 7.72. The van der Waals surface area contributed by atoms with Gasteiger partial charge in [-0.25, -0.2) is 9.97 Å². The number of hydrogen-bond acceptors (Lipinski definition) is 7. The summed E-state index contributed by atoms with van der Waals surface area (Å²) in [6, 6.07) is -0.172. The molecule has 4 unspecified atom stereocenters. The summed E-state index contributed by atoms with van der Waals surface area (Å²) >= 11 is 6.99. The lowest BCUT2D eigenvalue weighted by atomic mass is 9.81. The lowest BCUT2D eigenvalue weighted by Crippen LogP contribution is -2.30. The average molecular weight is 613 g/mol. The van der Waals surface area contributed by atoms with E-state index in [0.29, 0.717) is 18.1 Å². The van der Waals surface area contributed by atoms with E-state index < -0.39 is 0 Å². The number of ether oxygens (including phenoxy) is 1. The van der Waals surface area contributed by atoms with Gasteiger partial charge in [0.1, 0.15) is 17.9 Å². The van der Waals surface area contributed by atoms with Gasteiger partial charge in [0.25, 0.3) is 5.91 Å². The molecule has 2 rings (SSSR count). The Morgan fingerprint density at radius 1 is 1.19 bits per heavy atom. The van der Waals surface area contributed by atoms with E-state index >= 15 is 0 Å². The zero-order chi connectivity index (χ0) is 32.3. The van der Waals surface area contributed by atoms with Gasteiger partial charge in [0.15, 0.2) is 0 Å². The molecule has 0 aromatic carbocycles. The first-order valence-electron chi connectivity index (χ1n) is 15.4. The standard InChI is InChI=1S/C34H53ClN6O2/c1-11-15-26(20-40(7)8)31-29(13-3)37-21-38-33(31)39-23(6)27-18-28(35)22(5)30(32(27)43-14-4)25(19-36)17-16-24(12-2)34(42)41(9)10/h12,16-19,21-23,26,28H,11,13-15,20,36H2,1-10H3,(H,37,38,39)/b17-16-,24-12+,25-19+. The van der Waals surface area contributed by atoms with Crippen molar-refractivity contribution in [2.75, 3.05) is 46.7 Å². The Balaban J connectivity index is 2.62. The number of nitrogens with zero attached hydrogens (tertiary/aromatic N) is 4. The monoisotopic (exact) mass is 612 g/mol. The molecule has 3 N–H and O–H groups in total. The molecule has 1 heterocycles. The Morgan fingerprint density at radius 3 is 2.42 bits per heavy atom. The number of likely N-dealkylation sites (N-methyl/N-ethyl adjacent to an activating group) is 2. The molecule has 1 aromatic heterocycles. The number of carbonyl (C=O) groups excluding carboxylic acids is 1. The second-order valence-corrected chi connectivity index (χ2v) is 12.0. The molecule has 0 saturated carbocycles. The van der Waals surface area contributed by atoms with E-state index in [9.17, 15) is 4.79 Å². The maximum absolute atomic E-state index is 12.6. The van der Waals surface area contributed by atoms with Crippen molar-refractivity contribution in [2.24, 2.45) is 11.7 Å². The third-order valence-corrected chi connectivity index (χ3v) is 8.22. The van der Waals surface area contributed by atoms with E-state index in [1.807, 2.05) is 19.9 Å². The summed E-state index contributed by atoms with van der Waals surface area (Å²) in [5.41, 5.74) is 11.6. The van der Waals surface area contributed by atoms with Crippen LogP contribution in [0.2, 0.25) is 0 Å². The molecule has 0 saturated heterocycles. The number of anilines is 1. The molecule has 4 atom stereocenters. The number of halogens is 1. The van der Waals surface area contributed by atoms with Crippen LogP contribution in [0.15, 0.2) is 64.9 Å². The van der Waals surface area contributed by atoms with Gasteiger partial charge in [0.05, 0.1) is 18.0 Å². The van der Waals surface area contributed by atoms with Crippen LogP contribution in [0.25, 0.3) is 0 Å². The van der Waals surface area contributed by atoms with E-state index in [4.69, 9.17) is 27.1 Å². The highest BCUT2D eigenvalue weighted by Gasteiger charge is 2.33. The van der Waals surface area contributed by atoms with E-state index in [2.05, 4.69) is 63.1 Å². The summed E-state index contributed by atoms with van der Waals surface area (Å²) in [4.78, 5) is 25.8. The van der Waals surface area contributed by atoms with E-state index in [1.165, 1.54) is 5.56 Å². The molecule has 0 radical (unpaired) electrons. The summed E-state index contributed by atoms with van der Waals surface area (Å²) in [5.74, 6) is 1.73. The highest BCUT2D eigenvalue weighted by atomic mass is 35.5. The lowest BCUT2D eigenvalue weighted by Gasteiger charge is -2.33. The quantitative estimate of drug-likeness (QED) is 0.138. The molecule has 9 heteroatoms. The molecule has 0 fully saturated rings. The first kappa shape index (κ1) is 36.1. The van der Waals surface area contributed by atoms with Crippen LogP contribution in [0.1, 0.15) is 71.6 Å². The minimum Gasteiger partial charge on any atom is -0.493 e. The highest BCUT2D eigenvalue weighted by Crippen LogP contribution is 2.40. The van der Waals surface area contributed by atoms with Crippen molar-refractivity contribution in [1.29, 1.82) is 0 Å². The van der Waals surface area contributed by atoms with E-state index in [0.717, 1.165) is 59.8 Å². The molecule has 1 aliphatic rings. The van der Waals surface area contributed by atoms with Gasteiger partial charge in [-0.15, -0.1) is 11.6 Å². The minimum absolute atomic E-state index is 0.0763. The van der Waals surface area contributed by atoms with E-state index in [-0.39, 0.29) is 23.2 Å². The molecule has 1 aromatic rings. The van der Waals surface area contributed by atoms with Gasteiger partial charge in [0, 0.05) is 66.7 Å². The maximum Gasteiger partial charge on any atom is 0.252 e. The molecule has 238 valence electrons. The predicted octanol–water partition coefficient (Wildman–Crippen LogP) is 6.19. The van der Waals surface area contributed by atoms with Crippen LogP contribution >= 0.6 is 11.6 Å². The Hall–Kier alpha value is -3.10. The number of rotatable bonds is 15. The van der Waals surface area contributed by atoms with Gasteiger partial charge in [-0.3, -0.25) is 4.79 Å². The van der Waals surface area contributed by atoms with Gasteiger partial charge < -0.3 is 25.6 Å². The lowest BCUT2D eigenvalue weighted by molar-refractivity contribution is -0.124. The smallest absolute Gasteiger partial charge is 0.252 e. The van der Waals surface area contributed by atoms with Crippen LogP contribution in [-0.2, 0) is 16.0 Å². The van der Waals surface area contributed by atoms with Crippen LogP contribution in [0.5, 0.6) is 0 Å². The zero-order valence-electron chi connectivity index (χ0n) is 27.9. The van der Waals surface area contributed by atoms with Gasteiger partial charge in [0.2, 0.25) is 0 Å². The fourth-order valence-electron chi connectivity index (χ4n) is 5.57. The maximum atomic E-state index is 12.6. The Bertz CT molecular complexity index is 1250. The van der Waals surface area contributed by atoms with Crippen LogP contribution < -0.4 is 11.1 Å². The molecular formula is C34H53ClN6O2. The molecule has 0 aliphatic heterocycles. The summed E-state index contributed by atoms with van der Waals surface area (Å²) < 4.78 is 6.35. The molecule has 43 heavy (non-hydrogen) atoms. The number of aryl methyl sites for hydroxylation is 1. The number of nitrogens with two attached hydrogens (primary N) is 1. The third kappa shape index (κ3) is 9.19. The summed E-state index contributed by atoms with van der Waals surface area (Å²) in [5, 5.41) is 3.43. The number of alkyl halides is 1. The van der Waals surface area contributed by atoms with Gasteiger partial charge in [-0.05, 0) is 59.4 Å². The Labute approximate surface area is 264 Å². The molecule has 0 bridgehead atoms. The first-order valence-corrected chi connectivity index (χ1v) is 15.8. The van der Waals surface area contributed by atoms with Crippen molar-refractivity contribution < 1.29 is 9.53 Å². The fraction of sp³-hybridized carbons (Fsp3) is 0.559. The second kappa shape index (κ2) is 17.3. The van der Waals surface area contributed by atoms with Gasteiger partial charge in [-0.2, -0.15) is 0 Å². The fourth-order valence-corrected chi connectivity index (χ4v) is 5.84. The molecule has 1 amide bonds. The van der Waals surface area contributed by atoms with Crippen LogP contribution in [0.3, 0.4) is 0 Å². The number of aromatic nitrogens is 2. The van der Waals surface area contributed by atoms with Gasteiger partial charge >= 0.3 is 0 Å². The minimum atomic E-state index is -0.288.